The molecule has 5 rings (SSSR count). The molecule has 0 atom stereocenters. The van der Waals surface area contributed by atoms with Gasteiger partial charge in [0.1, 0.15) is 12.2 Å². The van der Waals surface area contributed by atoms with E-state index >= 15 is 0 Å². The molecule has 2 N–H and O–H groups in total. The Labute approximate surface area is 213 Å². The second-order valence-electron chi connectivity index (χ2n) is 8.98. The Balaban J connectivity index is 1.63. The number of rotatable bonds is 6. The molecule has 4 aromatic rings. The van der Waals surface area contributed by atoms with Crippen LogP contribution in [0.5, 0.6) is 0 Å². The van der Waals surface area contributed by atoms with Crippen molar-refractivity contribution in [3.63, 3.8) is 0 Å². The molecule has 1 amide bonds. The van der Waals surface area contributed by atoms with Gasteiger partial charge in [-0.15, -0.1) is 0 Å². The Morgan fingerprint density at radius 2 is 1.77 bits per heavy atom. The fourth-order valence-electron chi connectivity index (χ4n) is 5.01. The number of amides is 1. The van der Waals surface area contributed by atoms with Crippen molar-refractivity contribution in [2.75, 3.05) is 18.0 Å². The zero-order valence-electron chi connectivity index (χ0n) is 19.4. The zero-order chi connectivity index (χ0) is 24.6. The molecular formula is C26H26Cl2N6O. The van der Waals surface area contributed by atoms with Crippen LogP contribution in [0.2, 0.25) is 10.0 Å². The Morgan fingerprint density at radius 1 is 1.06 bits per heavy atom. The molecule has 2 aromatic heterocycles. The molecule has 1 aliphatic heterocycles. The quantitative estimate of drug-likeness (QED) is 0.362. The summed E-state index contributed by atoms with van der Waals surface area (Å²) < 4.78 is 1.98. The van der Waals surface area contributed by atoms with Crippen molar-refractivity contribution >= 4 is 46.1 Å². The maximum absolute atomic E-state index is 12.3. The van der Waals surface area contributed by atoms with Gasteiger partial charge in [-0.05, 0) is 55.7 Å². The van der Waals surface area contributed by atoms with Gasteiger partial charge in [-0.1, -0.05) is 48.7 Å². The standard InChI is InChI=1S/C26H26Cl2N6O/c1-2-11-26(25(29)35)12-14-33(15-13-26)23-21-24(31-16-30-23)34(18-9-7-17(27)8-10-18)22(32-21)19-5-3-4-6-20(19)28/h3-10,16H,2,11-15H2,1H3,(H2,29,35). The van der Waals surface area contributed by atoms with Gasteiger partial charge in [0.05, 0.1) is 10.4 Å². The van der Waals surface area contributed by atoms with Crippen LogP contribution in [0.3, 0.4) is 0 Å². The number of imidazole rings is 1. The summed E-state index contributed by atoms with van der Waals surface area (Å²) in [4.78, 5) is 28.7. The molecule has 9 heteroatoms. The van der Waals surface area contributed by atoms with Crippen LogP contribution in [-0.2, 0) is 4.79 Å². The zero-order valence-corrected chi connectivity index (χ0v) is 20.9. The fourth-order valence-corrected chi connectivity index (χ4v) is 5.36. The number of fused-ring (bicyclic) bond motifs is 1. The van der Waals surface area contributed by atoms with Gasteiger partial charge < -0.3 is 10.6 Å². The largest absolute Gasteiger partial charge is 0.369 e. The van der Waals surface area contributed by atoms with E-state index in [1.807, 2.05) is 53.1 Å². The van der Waals surface area contributed by atoms with E-state index in [9.17, 15) is 4.79 Å². The highest BCUT2D eigenvalue weighted by molar-refractivity contribution is 6.33. The Kier molecular flexibility index (Phi) is 6.38. The van der Waals surface area contributed by atoms with Crippen LogP contribution in [-0.4, -0.2) is 38.5 Å². The van der Waals surface area contributed by atoms with Gasteiger partial charge >= 0.3 is 0 Å². The highest BCUT2D eigenvalue weighted by Gasteiger charge is 2.39. The summed E-state index contributed by atoms with van der Waals surface area (Å²) in [7, 11) is 0. The van der Waals surface area contributed by atoms with Crippen LogP contribution in [0.25, 0.3) is 28.2 Å². The van der Waals surface area contributed by atoms with Gasteiger partial charge in [0.25, 0.3) is 0 Å². The van der Waals surface area contributed by atoms with Crippen LogP contribution in [0.15, 0.2) is 54.9 Å². The number of hydrogen-bond donors (Lipinski definition) is 1. The van der Waals surface area contributed by atoms with E-state index in [4.69, 9.17) is 33.9 Å². The van der Waals surface area contributed by atoms with Crippen molar-refractivity contribution in [3.8, 4) is 17.1 Å². The molecule has 35 heavy (non-hydrogen) atoms. The molecule has 0 saturated carbocycles. The molecule has 0 unspecified atom stereocenters. The molecule has 7 nitrogen and oxygen atoms in total. The lowest BCUT2D eigenvalue weighted by Crippen LogP contribution is -2.47. The van der Waals surface area contributed by atoms with Crippen molar-refractivity contribution < 1.29 is 4.79 Å². The van der Waals surface area contributed by atoms with Crippen molar-refractivity contribution in [3.05, 3.63) is 64.9 Å². The minimum absolute atomic E-state index is 0.208. The van der Waals surface area contributed by atoms with Crippen molar-refractivity contribution in [2.24, 2.45) is 11.1 Å². The first-order chi connectivity index (χ1) is 16.9. The molecule has 180 valence electrons. The first-order valence-corrected chi connectivity index (χ1v) is 12.5. The van der Waals surface area contributed by atoms with Crippen LogP contribution < -0.4 is 10.6 Å². The van der Waals surface area contributed by atoms with E-state index in [0.717, 1.165) is 29.9 Å². The minimum Gasteiger partial charge on any atom is -0.369 e. The lowest BCUT2D eigenvalue weighted by Gasteiger charge is -2.40. The number of nitrogens with zero attached hydrogens (tertiary/aromatic N) is 5. The van der Waals surface area contributed by atoms with Crippen molar-refractivity contribution in [1.29, 1.82) is 0 Å². The smallest absolute Gasteiger partial charge is 0.223 e. The predicted octanol–water partition coefficient (Wildman–Crippen LogP) is 5.66. The summed E-state index contributed by atoms with van der Waals surface area (Å²) in [5, 5.41) is 1.24. The molecular weight excluding hydrogens is 483 g/mol. The average molecular weight is 509 g/mol. The second-order valence-corrected chi connectivity index (χ2v) is 9.82. The van der Waals surface area contributed by atoms with E-state index in [1.54, 1.807) is 6.33 Å². The number of anilines is 1. The molecule has 2 aromatic carbocycles. The summed E-state index contributed by atoms with van der Waals surface area (Å²) >= 11 is 12.7. The topological polar surface area (TPSA) is 89.9 Å². The number of nitrogens with two attached hydrogens (primary N) is 1. The number of halogens is 2. The highest BCUT2D eigenvalue weighted by atomic mass is 35.5. The van der Waals surface area contributed by atoms with Gasteiger partial charge in [0.2, 0.25) is 5.91 Å². The molecule has 0 aliphatic carbocycles. The molecule has 1 fully saturated rings. The van der Waals surface area contributed by atoms with Crippen molar-refractivity contribution in [1.82, 2.24) is 19.5 Å². The van der Waals surface area contributed by atoms with Crippen LogP contribution in [0.4, 0.5) is 5.82 Å². The monoisotopic (exact) mass is 508 g/mol. The summed E-state index contributed by atoms with van der Waals surface area (Å²) in [6, 6.07) is 15.1. The summed E-state index contributed by atoms with van der Waals surface area (Å²) in [6.45, 7) is 3.43. The normalized spacial score (nSPS) is 15.5. The number of benzene rings is 2. The van der Waals surface area contributed by atoms with E-state index < -0.39 is 5.41 Å². The van der Waals surface area contributed by atoms with Gasteiger partial charge in [0, 0.05) is 29.4 Å². The third kappa shape index (κ3) is 4.23. The third-order valence-corrected chi connectivity index (χ3v) is 7.48. The molecule has 3 heterocycles. The second kappa shape index (κ2) is 9.47. The van der Waals surface area contributed by atoms with Gasteiger partial charge in [0.15, 0.2) is 17.0 Å². The maximum Gasteiger partial charge on any atom is 0.223 e. The van der Waals surface area contributed by atoms with E-state index in [0.29, 0.717) is 53.0 Å². The summed E-state index contributed by atoms with van der Waals surface area (Å²) in [6.07, 6.45) is 4.67. The number of carbonyl (C=O) groups is 1. The molecule has 1 aliphatic rings. The van der Waals surface area contributed by atoms with E-state index in [-0.39, 0.29) is 5.91 Å². The fraction of sp³-hybridized carbons (Fsp3) is 0.308. The maximum atomic E-state index is 12.3. The Morgan fingerprint density at radius 3 is 2.43 bits per heavy atom. The third-order valence-electron chi connectivity index (χ3n) is 6.90. The molecule has 1 saturated heterocycles. The first-order valence-electron chi connectivity index (χ1n) is 11.7. The number of aromatic nitrogens is 4. The lowest BCUT2D eigenvalue weighted by molar-refractivity contribution is -0.129. The van der Waals surface area contributed by atoms with Crippen molar-refractivity contribution in [2.45, 2.75) is 32.6 Å². The predicted molar refractivity (Wildman–Crippen MR) is 140 cm³/mol. The first kappa shape index (κ1) is 23.6. The number of piperidine rings is 1. The lowest BCUT2D eigenvalue weighted by atomic mass is 9.74. The molecule has 0 radical (unpaired) electrons. The minimum atomic E-state index is -0.456. The Bertz CT molecular complexity index is 1380. The summed E-state index contributed by atoms with van der Waals surface area (Å²) in [5.41, 5.74) is 8.38. The van der Waals surface area contributed by atoms with Crippen LogP contribution in [0.1, 0.15) is 32.6 Å². The number of hydrogen-bond acceptors (Lipinski definition) is 5. The summed E-state index contributed by atoms with van der Waals surface area (Å²) in [5.74, 6) is 1.20. The SMILES string of the molecule is CCCC1(C(N)=O)CCN(c2ncnc3c2nc(-c2ccccc2Cl)n3-c2ccc(Cl)cc2)CC1. The average Bonchev–Trinajstić information content (AvgIpc) is 3.25. The van der Waals surface area contributed by atoms with Gasteiger partial charge in [-0.25, -0.2) is 15.0 Å². The number of carbonyl (C=O) groups excluding carboxylic acids is 1. The van der Waals surface area contributed by atoms with Gasteiger partial charge in [-0.3, -0.25) is 9.36 Å². The van der Waals surface area contributed by atoms with Gasteiger partial charge in [-0.2, -0.15) is 0 Å². The highest BCUT2D eigenvalue weighted by Crippen LogP contribution is 2.39. The number of primary amides is 1. The molecule has 0 bridgehead atoms. The van der Waals surface area contributed by atoms with E-state index in [1.165, 1.54) is 0 Å². The Hall–Kier alpha value is -3.16. The van der Waals surface area contributed by atoms with Crippen LogP contribution >= 0.6 is 23.2 Å². The molecule has 0 spiro atoms. The van der Waals surface area contributed by atoms with Crippen LogP contribution in [0, 0.1) is 5.41 Å². The van der Waals surface area contributed by atoms with E-state index in [2.05, 4.69) is 21.8 Å².